The van der Waals surface area contributed by atoms with E-state index in [0.717, 1.165) is 0 Å². The van der Waals surface area contributed by atoms with E-state index in [0.29, 0.717) is 0 Å². The normalized spacial score (nSPS) is 14.3. The zero-order valence-electron chi connectivity index (χ0n) is 4.44. The Kier molecular flexibility index (Phi) is 5.21. The van der Waals surface area contributed by atoms with E-state index >= 15 is 0 Å². The molecule has 0 saturated heterocycles. The van der Waals surface area contributed by atoms with Crippen molar-refractivity contribution in [3.8, 4) is 0 Å². The van der Waals surface area contributed by atoms with E-state index in [4.69, 9.17) is 5.11 Å². The minimum absolute atomic E-state index is 0. The molecule has 0 aromatic carbocycles. The second-order valence-corrected chi connectivity index (χ2v) is 1.29. The summed E-state index contributed by atoms with van der Waals surface area (Å²) in [5, 5.41) is 7.94. The van der Waals surface area contributed by atoms with E-state index in [1.165, 1.54) is 0 Å². The molecular formula is C3H8F3NOS. The molecule has 0 bridgehead atoms. The number of hydrogen-bond acceptors (Lipinski definition) is 2. The number of hydrogen-bond donors (Lipinski definition) is 2. The molecule has 0 aromatic rings. The fraction of sp³-hybridized carbons (Fsp3) is 1.00. The monoisotopic (exact) mass is 163 g/mol. The Balaban J connectivity index is 0. The summed E-state index contributed by atoms with van der Waals surface area (Å²) in [7, 11) is 0. The van der Waals surface area contributed by atoms with Gasteiger partial charge in [0.1, 0.15) is 0 Å². The van der Waals surface area contributed by atoms with Crippen molar-refractivity contribution in [3.05, 3.63) is 0 Å². The average Bonchev–Trinajstić information content (AvgIpc) is 1.62. The first-order chi connectivity index (χ1) is 3.48. The molecule has 0 aliphatic rings. The lowest BCUT2D eigenvalue weighted by Gasteiger charge is -2.10. The molecule has 0 rings (SSSR count). The third-order valence-corrected chi connectivity index (χ3v) is 0.601. The van der Waals surface area contributed by atoms with Crippen molar-refractivity contribution in [2.24, 2.45) is 5.73 Å². The topological polar surface area (TPSA) is 46.2 Å². The fourth-order valence-corrected chi connectivity index (χ4v) is 0.134. The predicted molar refractivity (Wildman–Crippen MR) is 31.5 cm³/mol. The van der Waals surface area contributed by atoms with Gasteiger partial charge in [0, 0.05) is 6.54 Å². The lowest BCUT2D eigenvalue weighted by Crippen LogP contribution is -2.35. The van der Waals surface area contributed by atoms with Gasteiger partial charge in [-0.3, -0.25) is 0 Å². The molecule has 6 heteroatoms. The van der Waals surface area contributed by atoms with Crippen LogP contribution in [0.4, 0.5) is 13.2 Å². The van der Waals surface area contributed by atoms with Crippen LogP contribution in [0.3, 0.4) is 0 Å². The maximum absolute atomic E-state index is 11.1. The highest BCUT2D eigenvalue weighted by molar-refractivity contribution is 7.59. The maximum atomic E-state index is 11.1. The number of aliphatic hydroxyl groups is 1. The molecule has 58 valence electrons. The second kappa shape index (κ2) is 3.97. The summed E-state index contributed by atoms with van der Waals surface area (Å²) < 4.78 is 33.4. The summed E-state index contributed by atoms with van der Waals surface area (Å²) in [5.41, 5.74) is 4.49. The molecule has 2 nitrogen and oxygen atoms in total. The Hall–Kier alpha value is 0.0600. The van der Waals surface area contributed by atoms with Gasteiger partial charge < -0.3 is 10.8 Å². The van der Waals surface area contributed by atoms with Gasteiger partial charge in [0.25, 0.3) is 0 Å². The van der Waals surface area contributed by atoms with Crippen molar-refractivity contribution < 1.29 is 18.3 Å². The highest BCUT2D eigenvalue weighted by Gasteiger charge is 2.36. The van der Waals surface area contributed by atoms with Crippen LogP contribution in [0.15, 0.2) is 0 Å². The first kappa shape index (κ1) is 11.8. The summed E-state index contributed by atoms with van der Waals surface area (Å²) in [6, 6.07) is 0. The van der Waals surface area contributed by atoms with Crippen molar-refractivity contribution in [1.29, 1.82) is 0 Å². The van der Waals surface area contributed by atoms with Gasteiger partial charge in [-0.05, 0) is 0 Å². The van der Waals surface area contributed by atoms with Gasteiger partial charge in [-0.25, -0.2) is 0 Å². The molecule has 9 heavy (non-hydrogen) atoms. The van der Waals surface area contributed by atoms with Crippen LogP contribution in [-0.4, -0.2) is 23.9 Å². The molecule has 3 N–H and O–H groups in total. The highest BCUT2D eigenvalue weighted by atomic mass is 32.1. The zero-order valence-corrected chi connectivity index (χ0v) is 5.44. The number of aliphatic hydroxyl groups excluding tert-OH is 1. The average molecular weight is 163 g/mol. The molecular weight excluding hydrogens is 155 g/mol. The summed E-state index contributed by atoms with van der Waals surface area (Å²) in [6.45, 7) is -0.774. The standard InChI is InChI=1S/C3H6F3NO.H2S/c4-3(5,6)2(8)1-7;/h2,8H,1,7H2;1H2. The quantitative estimate of drug-likeness (QED) is 0.570. The Bertz CT molecular complexity index is 75.9. The Morgan fingerprint density at radius 3 is 1.78 bits per heavy atom. The summed E-state index contributed by atoms with van der Waals surface area (Å²) >= 11 is 0. The lowest BCUT2D eigenvalue weighted by atomic mass is 10.4. The van der Waals surface area contributed by atoms with Gasteiger partial charge in [0.2, 0.25) is 0 Å². The van der Waals surface area contributed by atoms with Gasteiger partial charge in [-0.1, -0.05) is 0 Å². The molecule has 0 aliphatic carbocycles. The first-order valence-corrected chi connectivity index (χ1v) is 1.93. The minimum Gasteiger partial charge on any atom is -0.382 e. The molecule has 0 spiro atoms. The van der Waals surface area contributed by atoms with Crippen LogP contribution in [0.2, 0.25) is 0 Å². The van der Waals surface area contributed by atoms with Crippen LogP contribution < -0.4 is 5.73 Å². The lowest BCUT2D eigenvalue weighted by molar-refractivity contribution is -0.200. The van der Waals surface area contributed by atoms with Crippen LogP contribution in [0.1, 0.15) is 0 Å². The number of halogens is 3. The molecule has 0 heterocycles. The van der Waals surface area contributed by atoms with Crippen LogP contribution in [0.25, 0.3) is 0 Å². The molecule has 1 unspecified atom stereocenters. The van der Waals surface area contributed by atoms with Crippen LogP contribution in [-0.2, 0) is 0 Å². The largest absolute Gasteiger partial charge is 0.415 e. The third-order valence-electron chi connectivity index (χ3n) is 0.601. The van der Waals surface area contributed by atoms with Gasteiger partial charge in [-0.2, -0.15) is 26.7 Å². The van der Waals surface area contributed by atoms with Gasteiger partial charge in [0.05, 0.1) is 0 Å². The van der Waals surface area contributed by atoms with Gasteiger partial charge in [0.15, 0.2) is 6.10 Å². The van der Waals surface area contributed by atoms with Crippen molar-refractivity contribution in [2.45, 2.75) is 12.3 Å². The van der Waals surface area contributed by atoms with Crippen LogP contribution >= 0.6 is 13.5 Å². The molecule has 0 aromatic heterocycles. The zero-order chi connectivity index (χ0) is 6.78. The van der Waals surface area contributed by atoms with Crippen molar-refractivity contribution in [1.82, 2.24) is 0 Å². The molecule has 0 radical (unpaired) electrons. The SMILES string of the molecule is NCC(O)C(F)(F)F.S. The van der Waals surface area contributed by atoms with E-state index in [1.807, 2.05) is 0 Å². The minimum atomic E-state index is -4.56. The molecule has 0 aliphatic heterocycles. The maximum Gasteiger partial charge on any atom is 0.415 e. The molecule has 0 fully saturated rings. The Morgan fingerprint density at radius 2 is 1.78 bits per heavy atom. The Labute approximate surface area is 57.3 Å². The summed E-state index contributed by atoms with van der Waals surface area (Å²) in [4.78, 5) is 0. The highest BCUT2D eigenvalue weighted by Crippen LogP contribution is 2.18. The van der Waals surface area contributed by atoms with Crippen molar-refractivity contribution >= 4 is 13.5 Å². The number of alkyl halides is 3. The molecule has 0 amide bonds. The van der Waals surface area contributed by atoms with E-state index < -0.39 is 18.8 Å². The third kappa shape index (κ3) is 4.56. The number of rotatable bonds is 1. The van der Waals surface area contributed by atoms with E-state index in [-0.39, 0.29) is 13.5 Å². The van der Waals surface area contributed by atoms with Crippen molar-refractivity contribution in [2.75, 3.05) is 6.54 Å². The van der Waals surface area contributed by atoms with Crippen LogP contribution in [0, 0.1) is 0 Å². The van der Waals surface area contributed by atoms with Crippen molar-refractivity contribution in [3.63, 3.8) is 0 Å². The van der Waals surface area contributed by atoms with Gasteiger partial charge in [-0.15, -0.1) is 0 Å². The summed E-state index contributed by atoms with van der Waals surface area (Å²) in [6.07, 6.45) is -6.93. The van der Waals surface area contributed by atoms with E-state index in [9.17, 15) is 13.2 Å². The van der Waals surface area contributed by atoms with E-state index in [2.05, 4.69) is 5.73 Å². The second-order valence-electron chi connectivity index (χ2n) is 1.29. The van der Waals surface area contributed by atoms with Crippen LogP contribution in [0.5, 0.6) is 0 Å². The fourth-order valence-electron chi connectivity index (χ4n) is 0.134. The number of nitrogens with two attached hydrogens (primary N) is 1. The Morgan fingerprint density at radius 1 is 1.44 bits per heavy atom. The smallest absolute Gasteiger partial charge is 0.382 e. The first-order valence-electron chi connectivity index (χ1n) is 1.93. The predicted octanol–water partition coefficient (Wildman–Crippen LogP) is -0.0189. The molecule has 0 saturated carbocycles. The molecule has 1 atom stereocenters. The summed E-state index contributed by atoms with van der Waals surface area (Å²) in [5.74, 6) is 0. The van der Waals surface area contributed by atoms with Gasteiger partial charge >= 0.3 is 6.18 Å². The van der Waals surface area contributed by atoms with E-state index in [1.54, 1.807) is 0 Å².